The zero-order valence-corrected chi connectivity index (χ0v) is 10.8. The van der Waals surface area contributed by atoms with E-state index < -0.39 is 11.4 Å². The number of carbonyl (C=O) groups excluding carboxylic acids is 1. The van der Waals surface area contributed by atoms with Gasteiger partial charge in [-0.25, -0.2) is 0 Å². The molecule has 100 valence electrons. The second kappa shape index (κ2) is 7.27. The zero-order chi connectivity index (χ0) is 13.5. The van der Waals surface area contributed by atoms with E-state index in [1.807, 2.05) is 6.92 Å². The molecule has 17 heavy (non-hydrogen) atoms. The highest BCUT2D eigenvalue weighted by molar-refractivity contribution is 5.78. The molecule has 1 atom stereocenters. The molecule has 0 aromatic rings. The fourth-order valence-electron chi connectivity index (χ4n) is 1.72. The fourth-order valence-corrected chi connectivity index (χ4v) is 1.72. The second-order valence-electron chi connectivity index (χ2n) is 5.10. The second-order valence-corrected chi connectivity index (χ2v) is 5.10. The van der Waals surface area contributed by atoms with Gasteiger partial charge in [0.1, 0.15) is 0 Å². The minimum absolute atomic E-state index is 0.0305. The number of carbonyl (C=O) groups is 2. The van der Waals surface area contributed by atoms with Crippen molar-refractivity contribution in [2.24, 2.45) is 5.41 Å². The maximum atomic E-state index is 11.7. The topological polar surface area (TPSA) is 86.6 Å². The van der Waals surface area contributed by atoms with Crippen LogP contribution in [0.15, 0.2) is 0 Å². The van der Waals surface area contributed by atoms with E-state index in [1.165, 1.54) is 0 Å². The molecule has 5 nitrogen and oxygen atoms in total. The van der Waals surface area contributed by atoms with Crippen molar-refractivity contribution in [2.45, 2.75) is 52.5 Å². The summed E-state index contributed by atoms with van der Waals surface area (Å²) in [6.45, 7) is 5.49. The lowest BCUT2D eigenvalue weighted by Crippen LogP contribution is -2.37. The van der Waals surface area contributed by atoms with E-state index in [0.717, 1.165) is 6.42 Å². The molecule has 0 saturated carbocycles. The Balaban J connectivity index is 4.19. The molecule has 0 aromatic carbocycles. The average molecular weight is 245 g/mol. The molecule has 1 amide bonds. The van der Waals surface area contributed by atoms with Gasteiger partial charge >= 0.3 is 5.97 Å². The molecule has 0 saturated heterocycles. The molecule has 3 N–H and O–H groups in total. The molecule has 0 spiro atoms. The van der Waals surface area contributed by atoms with Gasteiger partial charge in [-0.2, -0.15) is 0 Å². The van der Waals surface area contributed by atoms with Crippen LogP contribution in [0.4, 0.5) is 0 Å². The third-order valence-electron chi connectivity index (χ3n) is 2.60. The van der Waals surface area contributed by atoms with Gasteiger partial charge in [0.05, 0.1) is 6.42 Å². The minimum Gasteiger partial charge on any atom is -0.481 e. The first-order valence-electron chi connectivity index (χ1n) is 5.92. The molecule has 1 unspecified atom stereocenters. The SMILES string of the molecule is CCC(CCO)NC(=O)CC(C)(C)CC(=O)O. The van der Waals surface area contributed by atoms with Crippen LogP contribution >= 0.6 is 0 Å². The number of hydrogen-bond donors (Lipinski definition) is 3. The van der Waals surface area contributed by atoms with Crippen LogP contribution in [0.25, 0.3) is 0 Å². The van der Waals surface area contributed by atoms with E-state index in [1.54, 1.807) is 13.8 Å². The Morgan fingerprint density at radius 3 is 2.29 bits per heavy atom. The van der Waals surface area contributed by atoms with Crippen LogP contribution in [0, 0.1) is 5.41 Å². The molecular weight excluding hydrogens is 222 g/mol. The minimum atomic E-state index is -0.898. The van der Waals surface area contributed by atoms with Crippen LogP contribution in [0.3, 0.4) is 0 Å². The molecule has 0 fully saturated rings. The maximum absolute atomic E-state index is 11.7. The van der Waals surface area contributed by atoms with Crippen molar-refractivity contribution >= 4 is 11.9 Å². The van der Waals surface area contributed by atoms with Crippen molar-refractivity contribution in [1.29, 1.82) is 0 Å². The summed E-state index contributed by atoms with van der Waals surface area (Å²) in [5, 5.41) is 20.3. The first-order chi connectivity index (χ1) is 7.80. The highest BCUT2D eigenvalue weighted by Gasteiger charge is 2.25. The van der Waals surface area contributed by atoms with Crippen LogP contribution in [0.2, 0.25) is 0 Å². The monoisotopic (exact) mass is 245 g/mol. The summed E-state index contributed by atoms with van der Waals surface area (Å²) >= 11 is 0. The lowest BCUT2D eigenvalue weighted by molar-refractivity contribution is -0.139. The molecular formula is C12H23NO4. The third kappa shape index (κ3) is 7.74. The van der Waals surface area contributed by atoms with Gasteiger partial charge in [0.15, 0.2) is 0 Å². The fraction of sp³-hybridized carbons (Fsp3) is 0.833. The maximum Gasteiger partial charge on any atom is 0.303 e. The Bertz CT molecular complexity index is 263. The smallest absolute Gasteiger partial charge is 0.303 e. The summed E-state index contributed by atoms with van der Waals surface area (Å²) in [6, 6.07) is -0.0341. The standard InChI is InChI=1S/C12H23NO4/c1-4-9(5-6-14)13-10(15)7-12(2,3)8-11(16)17/h9,14H,4-8H2,1-3H3,(H,13,15)(H,16,17). The summed E-state index contributed by atoms with van der Waals surface area (Å²) in [6.07, 6.45) is 1.44. The van der Waals surface area contributed by atoms with E-state index in [2.05, 4.69) is 5.32 Å². The van der Waals surface area contributed by atoms with Crippen molar-refractivity contribution in [3.63, 3.8) is 0 Å². The lowest BCUT2D eigenvalue weighted by Gasteiger charge is -2.23. The van der Waals surface area contributed by atoms with Gasteiger partial charge in [0.25, 0.3) is 0 Å². The van der Waals surface area contributed by atoms with Crippen LogP contribution < -0.4 is 5.32 Å². The Labute approximate surface area is 102 Å². The Morgan fingerprint density at radius 1 is 1.29 bits per heavy atom. The van der Waals surface area contributed by atoms with Crippen molar-refractivity contribution in [1.82, 2.24) is 5.32 Å². The average Bonchev–Trinajstić information content (AvgIpc) is 2.13. The van der Waals surface area contributed by atoms with E-state index in [4.69, 9.17) is 10.2 Å². The summed E-state index contributed by atoms with van der Waals surface area (Å²) in [5.41, 5.74) is -0.548. The summed E-state index contributed by atoms with van der Waals surface area (Å²) in [7, 11) is 0. The van der Waals surface area contributed by atoms with Crippen molar-refractivity contribution < 1.29 is 19.8 Å². The molecule has 0 aliphatic heterocycles. The molecule has 0 rings (SSSR count). The Kier molecular flexibility index (Phi) is 6.80. The quantitative estimate of drug-likeness (QED) is 0.599. The van der Waals surface area contributed by atoms with Gasteiger partial charge in [0.2, 0.25) is 5.91 Å². The van der Waals surface area contributed by atoms with Gasteiger partial charge in [0, 0.05) is 19.1 Å². The normalized spacial score (nSPS) is 13.2. The third-order valence-corrected chi connectivity index (χ3v) is 2.60. The molecule has 0 aliphatic carbocycles. The first-order valence-corrected chi connectivity index (χ1v) is 5.92. The highest BCUT2D eigenvalue weighted by Crippen LogP contribution is 2.24. The molecule has 0 aliphatic rings. The number of aliphatic hydroxyl groups excluding tert-OH is 1. The van der Waals surface area contributed by atoms with Gasteiger partial charge in [-0.1, -0.05) is 20.8 Å². The van der Waals surface area contributed by atoms with E-state index in [9.17, 15) is 9.59 Å². The molecule has 0 aromatic heterocycles. The van der Waals surface area contributed by atoms with Gasteiger partial charge in [-0.15, -0.1) is 0 Å². The van der Waals surface area contributed by atoms with E-state index in [0.29, 0.717) is 6.42 Å². The van der Waals surface area contributed by atoms with Crippen molar-refractivity contribution in [2.75, 3.05) is 6.61 Å². The number of hydrogen-bond acceptors (Lipinski definition) is 3. The number of aliphatic hydroxyl groups is 1. The van der Waals surface area contributed by atoms with E-state index in [-0.39, 0.29) is 31.4 Å². The number of aliphatic carboxylic acids is 1. The molecule has 0 heterocycles. The number of rotatable bonds is 8. The Morgan fingerprint density at radius 2 is 1.88 bits per heavy atom. The van der Waals surface area contributed by atoms with Crippen molar-refractivity contribution in [3.8, 4) is 0 Å². The van der Waals surface area contributed by atoms with E-state index >= 15 is 0 Å². The predicted molar refractivity (Wildman–Crippen MR) is 64.6 cm³/mol. The van der Waals surface area contributed by atoms with Crippen LogP contribution in [0.1, 0.15) is 46.5 Å². The van der Waals surface area contributed by atoms with Crippen LogP contribution in [-0.2, 0) is 9.59 Å². The molecule has 0 radical (unpaired) electrons. The lowest BCUT2D eigenvalue weighted by atomic mass is 9.85. The van der Waals surface area contributed by atoms with Crippen LogP contribution in [0.5, 0.6) is 0 Å². The Hall–Kier alpha value is -1.10. The van der Waals surface area contributed by atoms with Gasteiger partial charge in [-0.3, -0.25) is 9.59 Å². The predicted octanol–water partition coefficient (Wildman–Crippen LogP) is 1.15. The van der Waals surface area contributed by atoms with Gasteiger partial charge < -0.3 is 15.5 Å². The largest absolute Gasteiger partial charge is 0.481 e. The summed E-state index contributed by atoms with van der Waals surface area (Å²) in [5.74, 6) is -1.05. The molecule has 0 bridgehead atoms. The number of amides is 1. The number of carboxylic acid groups (broad SMARTS) is 1. The summed E-state index contributed by atoms with van der Waals surface area (Å²) < 4.78 is 0. The number of nitrogens with one attached hydrogen (secondary N) is 1. The zero-order valence-electron chi connectivity index (χ0n) is 10.8. The summed E-state index contributed by atoms with van der Waals surface area (Å²) in [4.78, 5) is 22.3. The highest BCUT2D eigenvalue weighted by atomic mass is 16.4. The van der Waals surface area contributed by atoms with Crippen LogP contribution in [-0.4, -0.2) is 34.7 Å². The number of carboxylic acids is 1. The van der Waals surface area contributed by atoms with Gasteiger partial charge in [-0.05, 0) is 18.3 Å². The first kappa shape index (κ1) is 15.9. The molecule has 5 heteroatoms. The van der Waals surface area contributed by atoms with Crippen molar-refractivity contribution in [3.05, 3.63) is 0 Å².